The molecule has 16 heavy (non-hydrogen) atoms. The van der Waals surface area contributed by atoms with Gasteiger partial charge < -0.3 is 10.4 Å². The summed E-state index contributed by atoms with van der Waals surface area (Å²) in [6.45, 7) is 10.6. The molecule has 1 saturated heterocycles. The second-order valence-corrected chi connectivity index (χ2v) is 5.28. The Hall–Kier alpha value is -0.120. The zero-order chi connectivity index (χ0) is 12.0. The summed E-state index contributed by atoms with van der Waals surface area (Å²) in [5.41, 5.74) is 0. The lowest BCUT2D eigenvalue weighted by atomic mass is 9.94. The van der Waals surface area contributed by atoms with Crippen LogP contribution < -0.4 is 5.32 Å². The lowest BCUT2D eigenvalue weighted by Crippen LogP contribution is -2.51. The molecule has 1 heterocycles. The number of hydrogen-bond donors (Lipinski definition) is 2. The number of nitrogens with one attached hydrogen (secondary N) is 1. The first-order valence-corrected chi connectivity index (χ1v) is 6.75. The van der Waals surface area contributed by atoms with E-state index in [0.29, 0.717) is 18.7 Å². The highest BCUT2D eigenvalue weighted by Gasteiger charge is 2.26. The average molecular weight is 228 g/mol. The van der Waals surface area contributed by atoms with E-state index in [4.69, 9.17) is 5.11 Å². The molecular weight excluding hydrogens is 200 g/mol. The molecule has 0 spiro atoms. The Morgan fingerprint density at radius 3 is 2.81 bits per heavy atom. The summed E-state index contributed by atoms with van der Waals surface area (Å²) in [7, 11) is 0. The zero-order valence-corrected chi connectivity index (χ0v) is 11.1. The quantitative estimate of drug-likeness (QED) is 0.676. The molecule has 2 N–H and O–H groups in total. The molecule has 3 nitrogen and oxygen atoms in total. The number of piperidine rings is 1. The predicted molar refractivity (Wildman–Crippen MR) is 68.6 cm³/mol. The maximum absolute atomic E-state index is 8.78. The number of hydrogen-bond acceptors (Lipinski definition) is 3. The van der Waals surface area contributed by atoms with Crippen molar-refractivity contribution in [2.24, 2.45) is 5.92 Å². The topological polar surface area (TPSA) is 35.5 Å². The third-order valence-corrected chi connectivity index (χ3v) is 3.67. The van der Waals surface area contributed by atoms with Gasteiger partial charge in [0.25, 0.3) is 0 Å². The second kappa shape index (κ2) is 7.25. The van der Waals surface area contributed by atoms with Crippen molar-refractivity contribution in [3.8, 4) is 0 Å². The van der Waals surface area contributed by atoms with Crippen LogP contribution in [-0.4, -0.2) is 48.3 Å². The number of nitrogens with zero attached hydrogens (tertiary/aromatic N) is 1. The van der Waals surface area contributed by atoms with E-state index in [2.05, 4.69) is 31.0 Å². The van der Waals surface area contributed by atoms with Crippen LogP contribution in [0.25, 0.3) is 0 Å². The highest BCUT2D eigenvalue weighted by atomic mass is 16.3. The Kier molecular flexibility index (Phi) is 6.32. The van der Waals surface area contributed by atoms with E-state index in [1.807, 2.05) is 0 Å². The van der Waals surface area contributed by atoms with Crippen molar-refractivity contribution in [3.63, 3.8) is 0 Å². The molecule has 1 fully saturated rings. The molecule has 0 aromatic heterocycles. The van der Waals surface area contributed by atoms with Crippen molar-refractivity contribution in [2.45, 2.75) is 52.1 Å². The lowest BCUT2D eigenvalue weighted by molar-refractivity contribution is 0.108. The van der Waals surface area contributed by atoms with E-state index >= 15 is 0 Å². The Morgan fingerprint density at radius 1 is 1.44 bits per heavy atom. The Morgan fingerprint density at radius 2 is 2.19 bits per heavy atom. The van der Waals surface area contributed by atoms with E-state index in [9.17, 15) is 0 Å². The second-order valence-electron chi connectivity index (χ2n) is 5.28. The van der Waals surface area contributed by atoms with Gasteiger partial charge in [0.2, 0.25) is 0 Å². The molecule has 0 saturated carbocycles. The minimum atomic E-state index is 0.296. The molecule has 0 aromatic rings. The normalized spacial score (nSPS) is 29.2. The minimum Gasteiger partial charge on any atom is -0.396 e. The molecule has 0 amide bonds. The van der Waals surface area contributed by atoms with Crippen LogP contribution in [0.4, 0.5) is 0 Å². The number of aliphatic hydroxyl groups excluding tert-OH is 1. The van der Waals surface area contributed by atoms with Crippen LogP contribution in [-0.2, 0) is 0 Å². The summed E-state index contributed by atoms with van der Waals surface area (Å²) in [4.78, 5) is 2.60. The SMILES string of the molecule is CCC(C)N1CC(C)CC(NCCCO)C1. The van der Waals surface area contributed by atoms with E-state index in [1.165, 1.54) is 25.9 Å². The van der Waals surface area contributed by atoms with Crippen LogP contribution in [0.15, 0.2) is 0 Å². The molecule has 3 heteroatoms. The molecule has 3 unspecified atom stereocenters. The van der Waals surface area contributed by atoms with Gasteiger partial charge in [0.1, 0.15) is 0 Å². The van der Waals surface area contributed by atoms with Gasteiger partial charge in [-0.25, -0.2) is 0 Å². The molecule has 0 aromatic carbocycles. The van der Waals surface area contributed by atoms with Crippen LogP contribution in [0.1, 0.15) is 40.0 Å². The van der Waals surface area contributed by atoms with E-state index < -0.39 is 0 Å². The first kappa shape index (κ1) is 13.9. The summed E-state index contributed by atoms with van der Waals surface area (Å²) in [6, 6.07) is 1.31. The standard InChI is InChI=1S/C13H28N2O/c1-4-12(3)15-9-11(2)8-13(10-15)14-6-5-7-16/h11-14,16H,4-10H2,1-3H3. The monoisotopic (exact) mass is 228 g/mol. The van der Waals surface area contributed by atoms with Crippen LogP contribution in [0.5, 0.6) is 0 Å². The molecular formula is C13H28N2O. The zero-order valence-electron chi connectivity index (χ0n) is 11.1. The number of likely N-dealkylation sites (tertiary alicyclic amines) is 1. The fraction of sp³-hybridized carbons (Fsp3) is 1.00. The highest BCUT2D eigenvalue weighted by molar-refractivity contribution is 4.83. The third-order valence-electron chi connectivity index (χ3n) is 3.67. The number of aliphatic hydroxyl groups is 1. The number of rotatable bonds is 6. The minimum absolute atomic E-state index is 0.296. The Balaban J connectivity index is 2.35. The van der Waals surface area contributed by atoms with E-state index in [1.54, 1.807) is 0 Å². The smallest absolute Gasteiger partial charge is 0.0443 e. The van der Waals surface area contributed by atoms with Crippen molar-refractivity contribution in [2.75, 3.05) is 26.2 Å². The van der Waals surface area contributed by atoms with Crippen molar-refractivity contribution < 1.29 is 5.11 Å². The van der Waals surface area contributed by atoms with Gasteiger partial charge in [-0.1, -0.05) is 13.8 Å². The summed E-state index contributed by atoms with van der Waals surface area (Å²) in [5.74, 6) is 0.786. The van der Waals surface area contributed by atoms with Crippen LogP contribution >= 0.6 is 0 Å². The summed E-state index contributed by atoms with van der Waals surface area (Å²) < 4.78 is 0. The molecule has 1 aliphatic heterocycles. The van der Waals surface area contributed by atoms with Crippen LogP contribution in [0.3, 0.4) is 0 Å². The molecule has 3 atom stereocenters. The van der Waals surface area contributed by atoms with Crippen LogP contribution in [0.2, 0.25) is 0 Å². The van der Waals surface area contributed by atoms with Gasteiger partial charge in [0, 0.05) is 31.8 Å². The molecule has 1 rings (SSSR count). The fourth-order valence-electron chi connectivity index (χ4n) is 2.54. The van der Waals surface area contributed by atoms with E-state index in [0.717, 1.165) is 18.9 Å². The Bertz CT molecular complexity index is 187. The van der Waals surface area contributed by atoms with Crippen molar-refractivity contribution in [3.05, 3.63) is 0 Å². The van der Waals surface area contributed by atoms with Crippen molar-refractivity contribution >= 4 is 0 Å². The largest absolute Gasteiger partial charge is 0.396 e. The van der Waals surface area contributed by atoms with Gasteiger partial charge >= 0.3 is 0 Å². The van der Waals surface area contributed by atoms with Crippen molar-refractivity contribution in [1.82, 2.24) is 10.2 Å². The van der Waals surface area contributed by atoms with Gasteiger partial charge in [0.05, 0.1) is 0 Å². The maximum atomic E-state index is 8.78. The van der Waals surface area contributed by atoms with Gasteiger partial charge in [-0.2, -0.15) is 0 Å². The summed E-state index contributed by atoms with van der Waals surface area (Å²) >= 11 is 0. The van der Waals surface area contributed by atoms with Gasteiger partial charge in [0.15, 0.2) is 0 Å². The summed E-state index contributed by atoms with van der Waals surface area (Å²) in [6.07, 6.45) is 3.38. The fourth-order valence-corrected chi connectivity index (χ4v) is 2.54. The van der Waals surface area contributed by atoms with Crippen LogP contribution in [0, 0.1) is 5.92 Å². The average Bonchev–Trinajstić information content (AvgIpc) is 2.27. The molecule has 96 valence electrons. The lowest BCUT2D eigenvalue weighted by Gasteiger charge is -2.40. The summed E-state index contributed by atoms with van der Waals surface area (Å²) in [5, 5.41) is 12.3. The third kappa shape index (κ3) is 4.40. The van der Waals surface area contributed by atoms with Gasteiger partial charge in [-0.15, -0.1) is 0 Å². The predicted octanol–water partition coefficient (Wildman–Crippen LogP) is 1.47. The maximum Gasteiger partial charge on any atom is 0.0443 e. The molecule has 0 aliphatic carbocycles. The van der Waals surface area contributed by atoms with Gasteiger partial charge in [-0.3, -0.25) is 4.90 Å². The Labute approximate surface area is 100 Å². The highest BCUT2D eigenvalue weighted by Crippen LogP contribution is 2.19. The van der Waals surface area contributed by atoms with Crippen molar-refractivity contribution in [1.29, 1.82) is 0 Å². The first-order valence-electron chi connectivity index (χ1n) is 6.75. The molecule has 0 bridgehead atoms. The first-order chi connectivity index (χ1) is 7.67. The molecule has 1 aliphatic rings. The molecule has 0 radical (unpaired) electrons. The van der Waals surface area contributed by atoms with E-state index in [-0.39, 0.29) is 0 Å². The van der Waals surface area contributed by atoms with Gasteiger partial charge in [-0.05, 0) is 38.6 Å².